The lowest BCUT2D eigenvalue weighted by Crippen LogP contribution is -2.36. The van der Waals surface area contributed by atoms with Gasteiger partial charge in [-0.15, -0.1) is 0 Å². The van der Waals surface area contributed by atoms with Gasteiger partial charge in [-0.25, -0.2) is 9.48 Å². The molecule has 1 amide bonds. The van der Waals surface area contributed by atoms with Gasteiger partial charge in [-0.1, -0.05) is 44.5 Å². The topological polar surface area (TPSA) is 75.4 Å². The van der Waals surface area contributed by atoms with Gasteiger partial charge in [0.15, 0.2) is 5.69 Å². The van der Waals surface area contributed by atoms with Crippen molar-refractivity contribution >= 4 is 23.5 Å². The average Bonchev–Trinajstić information content (AvgIpc) is 3.12. The third-order valence-corrected chi connectivity index (χ3v) is 5.87. The zero-order valence-corrected chi connectivity index (χ0v) is 18.5. The number of aromatic nitrogens is 2. The number of hydrogen-bond donors (Lipinski definition) is 1. The molecule has 0 spiro atoms. The van der Waals surface area contributed by atoms with E-state index in [0.717, 1.165) is 16.9 Å². The monoisotopic (exact) mass is 437 g/mol. The number of fused-ring (bicyclic) bond motifs is 1. The highest BCUT2D eigenvalue weighted by molar-refractivity contribution is 6.30. The summed E-state index contributed by atoms with van der Waals surface area (Å²) < 4.78 is 1.65. The molecule has 0 saturated carbocycles. The highest BCUT2D eigenvalue weighted by atomic mass is 35.5. The summed E-state index contributed by atoms with van der Waals surface area (Å²) in [7, 11) is 0. The Morgan fingerprint density at radius 3 is 2.26 bits per heavy atom. The molecule has 6 nitrogen and oxygen atoms in total. The van der Waals surface area contributed by atoms with Crippen LogP contribution in [-0.4, -0.2) is 38.2 Å². The predicted molar refractivity (Wildman–Crippen MR) is 119 cm³/mol. The van der Waals surface area contributed by atoms with Gasteiger partial charge in [0.05, 0.1) is 17.9 Å². The van der Waals surface area contributed by atoms with Crippen molar-refractivity contribution < 1.29 is 14.7 Å². The van der Waals surface area contributed by atoms with Crippen molar-refractivity contribution in [2.24, 2.45) is 0 Å². The molecule has 0 atom stereocenters. The summed E-state index contributed by atoms with van der Waals surface area (Å²) in [5.41, 5.74) is 3.87. The first kappa shape index (κ1) is 21.1. The van der Waals surface area contributed by atoms with E-state index < -0.39 is 5.97 Å². The minimum absolute atomic E-state index is 0.00817. The Kier molecular flexibility index (Phi) is 5.35. The second kappa shape index (κ2) is 7.85. The van der Waals surface area contributed by atoms with Gasteiger partial charge in [0.25, 0.3) is 5.91 Å². The largest absolute Gasteiger partial charge is 0.476 e. The van der Waals surface area contributed by atoms with Crippen LogP contribution in [0.25, 0.3) is 5.69 Å². The molecule has 31 heavy (non-hydrogen) atoms. The van der Waals surface area contributed by atoms with Crippen LogP contribution in [0.4, 0.5) is 0 Å². The Labute approximate surface area is 186 Å². The molecule has 0 saturated heterocycles. The van der Waals surface area contributed by atoms with Crippen molar-refractivity contribution in [3.8, 4) is 5.69 Å². The minimum Gasteiger partial charge on any atom is -0.476 e. The highest BCUT2D eigenvalue weighted by Crippen LogP contribution is 2.28. The highest BCUT2D eigenvalue weighted by Gasteiger charge is 2.31. The second-order valence-corrected chi connectivity index (χ2v) is 9.21. The van der Waals surface area contributed by atoms with Crippen LogP contribution in [0.2, 0.25) is 5.02 Å². The van der Waals surface area contributed by atoms with E-state index in [2.05, 4.69) is 25.9 Å². The number of benzene rings is 2. The number of carbonyl (C=O) groups excluding carboxylic acids is 1. The fourth-order valence-corrected chi connectivity index (χ4v) is 3.98. The van der Waals surface area contributed by atoms with Crippen LogP contribution in [0, 0.1) is 0 Å². The summed E-state index contributed by atoms with van der Waals surface area (Å²) in [6, 6.07) is 14.7. The zero-order valence-electron chi connectivity index (χ0n) is 17.7. The maximum absolute atomic E-state index is 13.1. The van der Waals surface area contributed by atoms with E-state index in [1.54, 1.807) is 33.8 Å². The molecule has 0 radical (unpaired) electrons. The van der Waals surface area contributed by atoms with Crippen LogP contribution >= 0.6 is 11.6 Å². The van der Waals surface area contributed by atoms with E-state index in [1.807, 2.05) is 24.3 Å². The quantitative estimate of drug-likeness (QED) is 0.643. The Balaban J connectivity index is 1.64. The minimum atomic E-state index is -1.10. The van der Waals surface area contributed by atoms with E-state index in [9.17, 15) is 14.7 Å². The molecule has 3 aromatic rings. The Bertz CT molecular complexity index is 1140. The molecule has 1 N–H and O–H groups in total. The van der Waals surface area contributed by atoms with Crippen molar-refractivity contribution in [2.45, 2.75) is 39.2 Å². The van der Waals surface area contributed by atoms with Crippen LogP contribution < -0.4 is 0 Å². The predicted octanol–water partition coefficient (Wildman–Crippen LogP) is 4.72. The molecule has 2 aromatic carbocycles. The Morgan fingerprint density at radius 2 is 1.68 bits per heavy atom. The standard InChI is InChI=1S/C24H24ClN3O3/c1-24(2,3)16-6-4-15(5-7-16)22(29)27-13-12-20-19(14-27)21(23(30)31)26-28(20)18-10-8-17(25)9-11-18/h4-11H,12-14H2,1-3H3,(H,30,31). The lowest BCUT2D eigenvalue weighted by atomic mass is 9.86. The fraction of sp³-hybridized carbons (Fsp3) is 0.292. The van der Waals surface area contributed by atoms with Crippen LogP contribution in [-0.2, 0) is 18.4 Å². The third-order valence-electron chi connectivity index (χ3n) is 5.62. The SMILES string of the molecule is CC(C)(C)c1ccc(C(=O)N2CCc3c(c(C(=O)O)nn3-c3ccc(Cl)cc3)C2)cc1. The van der Waals surface area contributed by atoms with Crippen molar-refractivity contribution in [3.63, 3.8) is 0 Å². The summed E-state index contributed by atoms with van der Waals surface area (Å²) in [5, 5.41) is 14.6. The number of carbonyl (C=O) groups is 2. The molecule has 1 aliphatic heterocycles. The molecule has 7 heteroatoms. The fourth-order valence-electron chi connectivity index (χ4n) is 3.86. The molecule has 1 aliphatic rings. The van der Waals surface area contributed by atoms with Gasteiger partial charge in [0.2, 0.25) is 0 Å². The molecule has 0 bridgehead atoms. The molecule has 4 rings (SSSR count). The number of nitrogens with zero attached hydrogens (tertiary/aromatic N) is 3. The zero-order chi connectivity index (χ0) is 22.3. The van der Waals surface area contributed by atoms with E-state index in [1.165, 1.54) is 0 Å². The number of hydrogen-bond acceptors (Lipinski definition) is 3. The molecular formula is C24H24ClN3O3. The van der Waals surface area contributed by atoms with E-state index >= 15 is 0 Å². The molecule has 160 valence electrons. The van der Waals surface area contributed by atoms with E-state index in [-0.39, 0.29) is 23.6 Å². The van der Waals surface area contributed by atoms with Crippen molar-refractivity contribution in [1.29, 1.82) is 0 Å². The van der Waals surface area contributed by atoms with Gasteiger partial charge in [-0.3, -0.25) is 4.79 Å². The first-order chi connectivity index (χ1) is 14.6. The molecule has 0 aliphatic carbocycles. The number of rotatable bonds is 3. The number of halogens is 1. The maximum Gasteiger partial charge on any atom is 0.356 e. The molecule has 0 unspecified atom stereocenters. The summed E-state index contributed by atoms with van der Waals surface area (Å²) in [6.07, 6.45) is 0.518. The molecule has 0 fully saturated rings. The van der Waals surface area contributed by atoms with Gasteiger partial charge in [0.1, 0.15) is 0 Å². The molecule has 1 aromatic heterocycles. The van der Waals surface area contributed by atoms with Crippen LogP contribution in [0.15, 0.2) is 48.5 Å². The van der Waals surface area contributed by atoms with Gasteiger partial charge in [0, 0.05) is 29.1 Å². The van der Waals surface area contributed by atoms with Crippen LogP contribution in [0.3, 0.4) is 0 Å². The van der Waals surface area contributed by atoms with E-state index in [4.69, 9.17) is 11.6 Å². The van der Waals surface area contributed by atoms with Crippen LogP contribution in [0.5, 0.6) is 0 Å². The first-order valence-electron chi connectivity index (χ1n) is 10.1. The third kappa shape index (κ3) is 4.08. The summed E-state index contributed by atoms with van der Waals surface area (Å²) in [4.78, 5) is 26.6. The average molecular weight is 438 g/mol. The maximum atomic E-state index is 13.1. The smallest absolute Gasteiger partial charge is 0.356 e. The lowest BCUT2D eigenvalue weighted by molar-refractivity contribution is 0.0674. The number of aromatic carboxylic acids is 1. The Morgan fingerprint density at radius 1 is 1.03 bits per heavy atom. The van der Waals surface area contributed by atoms with Crippen LogP contribution in [0.1, 0.15) is 58.4 Å². The number of amides is 1. The van der Waals surface area contributed by atoms with Crippen molar-refractivity contribution in [3.05, 3.63) is 81.6 Å². The molecular weight excluding hydrogens is 414 g/mol. The molecule has 2 heterocycles. The first-order valence-corrected chi connectivity index (χ1v) is 10.5. The van der Waals surface area contributed by atoms with Gasteiger partial charge in [-0.05, 0) is 47.4 Å². The Hall–Kier alpha value is -3.12. The lowest BCUT2D eigenvalue weighted by Gasteiger charge is -2.28. The van der Waals surface area contributed by atoms with Crippen molar-refractivity contribution in [2.75, 3.05) is 6.54 Å². The van der Waals surface area contributed by atoms with Gasteiger partial charge in [-0.2, -0.15) is 5.10 Å². The second-order valence-electron chi connectivity index (χ2n) is 8.77. The summed E-state index contributed by atoms with van der Waals surface area (Å²) >= 11 is 5.98. The normalized spacial score (nSPS) is 13.7. The summed E-state index contributed by atoms with van der Waals surface area (Å²) in [6.45, 7) is 7.08. The number of carboxylic acid groups (broad SMARTS) is 1. The van der Waals surface area contributed by atoms with Gasteiger partial charge < -0.3 is 10.0 Å². The number of carboxylic acids is 1. The summed E-state index contributed by atoms with van der Waals surface area (Å²) in [5.74, 6) is -1.21. The van der Waals surface area contributed by atoms with E-state index in [0.29, 0.717) is 29.1 Å². The van der Waals surface area contributed by atoms with Gasteiger partial charge >= 0.3 is 5.97 Å². The van der Waals surface area contributed by atoms with Crippen molar-refractivity contribution in [1.82, 2.24) is 14.7 Å².